The number of rotatable bonds is 3. The van der Waals surface area contributed by atoms with Crippen LogP contribution in [0.4, 0.5) is 0 Å². The zero-order valence-corrected chi connectivity index (χ0v) is 10.6. The second kappa shape index (κ2) is 4.71. The van der Waals surface area contributed by atoms with E-state index < -0.39 is 0 Å². The molecule has 2 rings (SSSR count). The standard InChI is InChI=1S/C11H13ClN4O/c1-7-6-9(17-3)4-5-10(7)16-11(8(2)12)13-14-15-16/h4-6,8H,1-3H3. The number of benzene rings is 1. The molecule has 0 fully saturated rings. The van der Waals surface area contributed by atoms with E-state index >= 15 is 0 Å². The molecule has 0 aliphatic carbocycles. The number of nitrogens with zero attached hydrogens (tertiary/aromatic N) is 4. The van der Waals surface area contributed by atoms with Crippen molar-refractivity contribution < 1.29 is 4.74 Å². The van der Waals surface area contributed by atoms with Crippen LogP contribution in [0.2, 0.25) is 0 Å². The van der Waals surface area contributed by atoms with Gasteiger partial charge in [-0.1, -0.05) is 0 Å². The van der Waals surface area contributed by atoms with Crippen LogP contribution in [0, 0.1) is 6.92 Å². The summed E-state index contributed by atoms with van der Waals surface area (Å²) in [4.78, 5) is 0. The second-order valence-electron chi connectivity index (χ2n) is 3.72. The smallest absolute Gasteiger partial charge is 0.174 e. The number of tetrazole rings is 1. The Morgan fingerprint density at radius 3 is 2.76 bits per heavy atom. The van der Waals surface area contributed by atoms with Gasteiger partial charge in [-0.2, -0.15) is 4.68 Å². The molecule has 6 heteroatoms. The predicted molar refractivity (Wildman–Crippen MR) is 64.7 cm³/mol. The van der Waals surface area contributed by atoms with Crippen LogP contribution in [0.25, 0.3) is 5.69 Å². The van der Waals surface area contributed by atoms with Crippen molar-refractivity contribution in [1.82, 2.24) is 20.2 Å². The largest absolute Gasteiger partial charge is 0.497 e. The number of aromatic nitrogens is 4. The van der Waals surface area contributed by atoms with Gasteiger partial charge >= 0.3 is 0 Å². The summed E-state index contributed by atoms with van der Waals surface area (Å²) in [6.45, 7) is 3.81. The third-order valence-electron chi connectivity index (χ3n) is 2.48. The number of ether oxygens (including phenoxy) is 1. The molecular formula is C11H13ClN4O. The van der Waals surface area contributed by atoms with E-state index in [0.717, 1.165) is 17.0 Å². The maximum absolute atomic E-state index is 6.02. The summed E-state index contributed by atoms with van der Waals surface area (Å²) in [6.07, 6.45) is 0. The third kappa shape index (κ3) is 2.24. The maximum atomic E-state index is 6.02. The lowest BCUT2D eigenvalue weighted by atomic mass is 10.2. The van der Waals surface area contributed by atoms with Gasteiger partial charge in [0.15, 0.2) is 5.82 Å². The lowest BCUT2D eigenvalue weighted by Crippen LogP contribution is -2.05. The molecule has 1 aromatic carbocycles. The van der Waals surface area contributed by atoms with Crippen molar-refractivity contribution in [2.45, 2.75) is 19.2 Å². The van der Waals surface area contributed by atoms with Crippen molar-refractivity contribution in [1.29, 1.82) is 0 Å². The highest BCUT2D eigenvalue weighted by Crippen LogP contribution is 2.23. The first kappa shape index (κ1) is 11.9. The maximum Gasteiger partial charge on any atom is 0.174 e. The number of halogens is 1. The van der Waals surface area contributed by atoms with Gasteiger partial charge in [0.25, 0.3) is 0 Å². The van der Waals surface area contributed by atoms with Crippen LogP contribution in [0.1, 0.15) is 23.7 Å². The second-order valence-corrected chi connectivity index (χ2v) is 4.37. The van der Waals surface area contributed by atoms with Crippen LogP contribution in [-0.4, -0.2) is 27.3 Å². The number of hydrogen-bond acceptors (Lipinski definition) is 4. The topological polar surface area (TPSA) is 52.8 Å². The summed E-state index contributed by atoms with van der Waals surface area (Å²) < 4.78 is 6.80. The molecule has 17 heavy (non-hydrogen) atoms. The van der Waals surface area contributed by atoms with Crippen LogP contribution in [-0.2, 0) is 0 Å². The number of methoxy groups -OCH3 is 1. The minimum atomic E-state index is -0.244. The van der Waals surface area contributed by atoms with Crippen molar-refractivity contribution in [3.05, 3.63) is 29.6 Å². The molecule has 1 unspecified atom stereocenters. The van der Waals surface area contributed by atoms with Crippen molar-refractivity contribution in [3.8, 4) is 11.4 Å². The highest BCUT2D eigenvalue weighted by molar-refractivity contribution is 6.20. The fourth-order valence-corrected chi connectivity index (χ4v) is 1.74. The van der Waals surface area contributed by atoms with E-state index in [2.05, 4.69) is 15.5 Å². The average molecular weight is 253 g/mol. The SMILES string of the molecule is COc1ccc(-n2nnnc2C(C)Cl)c(C)c1. The Hall–Kier alpha value is -1.62. The van der Waals surface area contributed by atoms with Gasteiger partial charge < -0.3 is 4.74 Å². The van der Waals surface area contributed by atoms with E-state index in [9.17, 15) is 0 Å². The van der Waals surface area contributed by atoms with Crippen molar-refractivity contribution in [2.75, 3.05) is 7.11 Å². The molecule has 90 valence electrons. The normalized spacial score (nSPS) is 12.5. The Bertz CT molecular complexity index is 524. The van der Waals surface area contributed by atoms with Crippen molar-refractivity contribution >= 4 is 11.6 Å². The highest BCUT2D eigenvalue weighted by Gasteiger charge is 2.14. The third-order valence-corrected chi connectivity index (χ3v) is 2.68. The highest BCUT2D eigenvalue weighted by atomic mass is 35.5. The summed E-state index contributed by atoms with van der Waals surface area (Å²) in [5.74, 6) is 1.43. The molecule has 1 heterocycles. The summed E-state index contributed by atoms with van der Waals surface area (Å²) in [5, 5.41) is 11.3. The van der Waals surface area contributed by atoms with E-state index in [-0.39, 0.29) is 5.38 Å². The molecule has 0 radical (unpaired) electrons. The molecule has 0 saturated heterocycles. The Morgan fingerprint density at radius 2 is 2.18 bits per heavy atom. The minimum Gasteiger partial charge on any atom is -0.497 e. The molecule has 1 atom stereocenters. The Labute approximate surface area is 104 Å². The number of alkyl halides is 1. The summed E-state index contributed by atoms with van der Waals surface area (Å²) >= 11 is 6.02. The Kier molecular flexibility index (Phi) is 3.28. The van der Waals surface area contributed by atoms with E-state index in [1.807, 2.05) is 32.0 Å². The molecular weight excluding hydrogens is 240 g/mol. The molecule has 1 aromatic heterocycles. The number of aryl methyl sites for hydroxylation is 1. The zero-order valence-electron chi connectivity index (χ0n) is 9.88. The van der Waals surface area contributed by atoms with Gasteiger partial charge in [-0.3, -0.25) is 0 Å². The van der Waals surface area contributed by atoms with Crippen molar-refractivity contribution in [2.24, 2.45) is 0 Å². The van der Waals surface area contributed by atoms with Gasteiger partial charge in [0, 0.05) is 0 Å². The summed E-state index contributed by atoms with van der Waals surface area (Å²) in [6, 6.07) is 5.71. The van der Waals surface area contributed by atoms with Crippen LogP contribution < -0.4 is 4.74 Å². The van der Waals surface area contributed by atoms with E-state index in [4.69, 9.17) is 16.3 Å². The van der Waals surface area contributed by atoms with E-state index in [1.165, 1.54) is 0 Å². The number of hydrogen-bond donors (Lipinski definition) is 0. The molecule has 0 amide bonds. The molecule has 0 spiro atoms. The van der Waals surface area contributed by atoms with Crippen LogP contribution in [0.5, 0.6) is 5.75 Å². The van der Waals surface area contributed by atoms with Crippen LogP contribution in [0.3, 0.4) is 0 Å². The average Bonchev–Trinajstić information content (AvgIpc) is 2.77. The molecule has 0 bridgehead atoms. The van der Waals surface area contributed by atoms with Gasteiger partial charge in [-0.15, -0.1) is 16.7 Å². The van der Waals surface area contributed by atoms with Gasteiger partial charge in [-0.25, -0.2) is 0 Å². The van der Waals surface area contributed by atoms with Crippen molar-refractivity contribution in [3.63, 3.8) is 0 Å². The first-order valence-electron chi connectivity index (χ1n) is 5.21. The van der Waals surface area contributed by atoms with Gasteiger partial charge in [0.05, 0.1) is 18.2 Å². The Balaban J connectivity index is 2.49. The minimum absolute atomic E-state index is 0.244. The van der Waals surface area contributed by atoms with Gasteiger partial charge in [-0.05, 0) is 48.0 Å². The molecule has 2 aromatic rings. The molecule has 0 aliphatic heterocycles. The fourth-order valence-electron chi connectivity index (χ4n) is 1.61. The molecule has 0 saturated carbocycles. The summed E-state index contributed by atoms with van der Waals surface area (Å²) in [7, 11) is 1.64. The van der Waals surface area contributed by atoms with Crippen LogP contribution in [0.15, 0.2) is 18.2 Å². The summed E-state index contributed by atoms with van der Waals surface area (Å²) in [5.41, 5.74) is 1.92. The van der Waals surface area contributed by atoms with E-state index in [1.54, 1.807) is 11.8 Å². The monoisotopic (exact) mass is 252 g/mol. The Morgan fingerprint density at radius 1 is 1.41 bits per heavy atom. The zero-order chi connectivity index (χ0) is 12.4. The molecule has 0 N–H and O–H groups in total. The van der Waals surface area contributed by atoms with Gasteiger partial charge in [0.2, 0.25) is 0 Å². The quantitative estimate of drug-likeness (QED) is 0.787. The van der Waals surface area contributed by atoms with Crippen LogP contribution >= 0.6 is 11.6 Å². The fraction of sp³-hybridized carbons (Fsp3) is 0.364. The molecule has 0 aliphatic rings. The lowest BCUT2D eigenvalue weighted by molar-refractivity contribution is 0.414. The van der Waals surface area contributed by atoms with E-state index in [0.29, 0.717) is 5.82 Å². The van der Waals surface area contributed by atoms with Gasteiger partial charge in [0.1, 0.15) is 5.75 Å². The molecule has 5 nitrogen and oxygen atoms in total. The lowest BCUT2D eigenvalue weighted by Gasteiger charge is -2.10. The first-order chi connectivity index (χ1) is 8.13. The predicted octanol–water partition coefficient (Wildman–Crippen LogP) is 2.28. The first-order valence-corrected chi connectivity index (χ1v) is 5.64.